The van der Waals surface area contributed by atoms with Gasteiger partial charge < -0.3 is 16.0 Å². The van der Waals surface area contributed by atoms with E-state index in [-0.39, 0.29) is 11.9 Å². The van der Waals surface area contributed by atoms with Crippen LogP contribution in [-0.4, -0.2) is 27.8 Å². The van der Waals surface area contributed by atoms with E-state index in [2.05, 4.69) is 34.9 Å². The molecule has 3 N–H and O–H groups in total. The fraction of sp³-hybridized carbons (Fsp3) is 0.421. The highest BCUT2D eigenvalue weighted by atomic mass is 16.2. The van der Waals surface area contributed by atoms with E-state index in [4.69, 9.17) is 0 Å². The summed E-state index contributed by atoms with van der Waals surface area (Å²) < 4.78 is 1.80. The molecule has 7 nitrogen and oxygen atoms in total. The van der Waals surface area contributed by atoms with Crippen molar-refractivity contribution in [3.8, 4) is 0 Å². The van der Waals surface area contributed by atoms with Gasteiger partial charge in [-0.25, -0.2) is 4.79 Å². The van der Waals surface area contributed by atoms with Crippen LogP contribution in [0.3, 0.4) is 0 Å². The number of carbonyl (C=O) groups excluding carboxylic acids is 2. The molecule has 1 fully saturated rings. The van der Waals surface area contributed by atoms with Crippen molar-refractivity contribution in [1.82, 2.24) is 15.1 Å². The van der Waals surface area contributed by atoms with E-state index in [0.29, 0.717) is 28.9 Å². The third kappa shape index (κ3) is 4.84. The van der Waals surface area contributed by atoms with Crippen molar-refractivity contribution < 1.29 is 9.59 Å². The first-order chi connectivity index (χ1) is 12.4. The Morgan fingerprint density at radius 1 is 1.27 bits per heavy atom. The van der Waals surface area contributed by atoms with Crippen LogP contribution in [0.15, 0.2) is 30.6 Å². The maximum atomic E-state index is 12.3. The van der Waals surface area contributed by atoms with Crippen LogP contribution in [0.5, 0.6) is 0 Å². The standard InChI is InChI=1S/C19H25N5O2/c1-12(2)10-24-11-16(9-20-24)22-19(26)23-17-8-14(5-4-13(17)3)18(25)21-15-6-7-15/h4-5,8-9,11-12,15H,6-7,10H2,1-3H3,(H,21,25)(H2,22,23,26). The summed E-state index contributed by atoms with van der Waals surface area (Å²) in [5.74, 6) is 0.370. The number of rotatable bonds is 6. The molecule has 1 aromatic carbocycles. The summed E-state index contributed by atoms with van der Waals surface area (Å²) in [5, 5.41) is 12.8. The molecule has 0 atom stereocenters. The fourth-order valence-corrected chi connectivity index (χ4v) is 2.58. The van der Waals surface area contributed by atoms with Crippen LogP contribution in [0.4, 0.5) is 16.2 Å². The Kier molecular flexibility index (Phi) is 5.25. The molecule has 0 radical (unpaired) electrons. The van der Waals surface area contributed by atoms with Gasteiger partial charge in [-0.2, -0.15) is 5.10 Å². The lowest BCUT2D eigenvalue weighted by molar-refractivity contribution is 0.0951. The molecule has 1 saturated carbocycles. The summed E-state index contributed by atoms with van der Waals surface area (Å²) in [7, 11) is 0. The highest BCUT2D eigenvalue weighted by Gasteiger charge is 2.24. The average molecular weight is 355 g/mol. The summed E-state index contributed by atoms with van der Waals surface area (Å²) in [4.78, 5) is 24.5. The van der Waals surface area contributed by atoms with Gasteiger partial charge in [0, 0.05) is 30.0 Å². The minimum Gasteiger partial charge on any atom is -0.349 e. The second-order valence-electron chi connectivity index (χ2n) is 7.20. The normalized spacial score (nSPS) is 13.5. The Morgan fingerprint density at radius 2 is 2.04 bits per heavy atom. The van der Waals surface area contributed by atoms with E-state index >= 15 is 0 Å². The number of nitrogens with zero attached hydrogens (tertiary/aromatic N) is 2. The van der Waals surface area contributed by atoms with E-state index in [1.807, 2.05) is 13.0 Å². The number of carbonyl (C=O) groups is 2. The van der Waals surface area contributed by atoms with Crippen LogP contribution >= 0.6 is 0 Å². The molecule has 1 aliphatic rings. The predicted octanol–water partition coefficient (Wildman–Crippen LogP) is 3.38. The molecule has 0 unspecified atom stereocenters. The Balaban J connectivity index is 1.62. The molecule has 1 heterocycles. The van der Waals surface area contributed by atoms with E-state index in [0.717, 1.165) is 24.9 Å². The van der Waals surface area contributed by atoms with Gasteiger partial charge >= 0.3 is 6.03 Å². The van der Waals surface area contributed by atoms with Gasteiger partial charge in [-0.1, -0.05) is 19.9 Å². The number of urea groups is 1. The fourth-order valence-electron chi connectivity index (χ4n) is 2.58. The van der Waals surface area contributed by atoms with Crippen molar-refractivity contribution >= 4 is 23.3 Å². The van der Waals surface area contributed by atoms with Gasteiger partial charge in [0.25, 0.3) is 5.91 Å². The number of hydrogen-bond donors (Lipinski definition) is 3. The van der Waals surface area contributed by atoms with Crippen molar-refractivity contribution in [1.29, 1.82) is 0 Å². The Labute approximate surface area is 153 Å². The molecule has 0 bridgehead atoms. The highest BCUT2D eigenvalue weighted by Crippen LogP contribution is 2.21. The minimum absolute atomic E-state index is 0.106. The van der Waals surface area contributed by atoms with E-state index < -0.39 is 0 Å². The number of amides is 3. The first-order valence-electron chi connectivity index (χ1n) is 8.92. The lowest BCUT2D eigenvalue weighted by Gasteiger charge is -2.11. The summed E-state index contributed by atoms with van der Waals surface area (Å²) in [6.07, 6.45) is 5.49. The maximum Gasteiger partial charge on any atom is 0.323 e. The second-order valence-corrected chi connectivity index (χ2v) is 7.20. The average Bonchev–Trinajstić information content (AvgIpc) is 3.28. The lowest BCUT2D eigenvalue weighted by atomic mass is 10.1. The third-order valence-corrected chi connectivity index (χ3v) is 4.10. The van der Waals surface area contributed by atoms with Crippen molar-refractivity contribution in [2.24, 2.45) is 5.92 Å². The number of benzene rings is 1. The van der Waals surface area contributed by atoms with Crippen LogP contribution in [-0.2, 0) is 6.54 Å². The van der Waals surface area contributed by atoms with E-state index in [9.17, 15) is 9.59 Å². The van der Waals surface area contributed by atoms with Gasteiger partial charge in [-0.3, -0.25) is 9.48 Å². The summed E-state index contributed by atoms with van der Waals surface area (Å²) in [5.41, 5.74) is 2.67. The number of nitrogens with one attached hydrogen (secondary N) is 3. The molecule has 2 aromatic rings. The zero-order valence-corrected chi connectivity index (χ0v) is 15.4. The van der Waals surface area contributed by atoms with Crippen molar-refractivity contribution in [3.05, 3.63) is 41.7 Å². The van der Waals surface area contributed by atoms with E-state index in [1.165, 1.54) is 0 Å². The zero-order chi connectivity index (χ0) is 18.7. The molecule has 0 saturated heterocycles. The molecule has 138 valence electrons. The van der Waals surface area contributed by atoms with Gasteiger partial charge in [0.05, 0.1) is 11.9 Å². The molecule has 7 heteroatoms. The molecular formula is C19H25N5O2. The molecular weight excluding hydrogens is 330 g/mol. The van der Waals surface area contributed by atoms with Gasteiger partial charge in [0.15, 0.2) is 0 Å². The molecule has 0 spiro atoms. The predicted molar refractivity (Wildman–Crippen MR) is 101 cm³/mol. The Morgan fingerprint density at radius 3 is 2.73 bits per heavy atom. The molecule has 3 amide bonds. The maximum absolute atomic E-state index is 12.3. The number of anilines is 2. The summed E-state index contributed by atoms with van der Waals surface area (Å²) in [6, 6.07) is 5.24. The van der Waals surface area contributed by atoms with Crippen LogP contribution in [0.1, 0.15) is 42.6 Å². The van der Waals surface area contributed by atoms with Crippen molar-refractivity contribution in [3.63, 3.8) is 0 Å². The van der Waals surface area contributed by atoms with Gasteiger partial charge in [-0.15, -0.1) is 0 Å². The lowest BCUT2D eigenvalue weighted by Crippen LogP contribution is -2.26. The molecule has 3 rings (SSSR count). The highest BCUT2D eigenvalue weighted by molar-refractivity contribution is 6.02. The van der Waals surface area contributed by atoms with Crippen LogP contribution < -0.4 is 16.0 Å². The minimum atomic E-state index is -0.364. The smallest absolute Gasteiger partial charge is 0.323 e. The SMILES string of the molecule is Cc1ccc(C(=O)NC2CC2)cc1NC(=O)Nc1cnn(CC(C)C)c1. The van der Waals surface area contributed by atoms with Crippen molar-refractivity contribution in [2.45, 2.75) is 46.2 Å². The third-order valence-electron chi connectivity index (χ3n) is 4.10. The Hall–Kier alpha value is -2.83. The summed E-state index contributed by atoms with van der Waals surface area (Å²) in [6.45, 7) is 6.90. The van der Waals surface area contributed by atoms with Gasteiger partial charge in [0.2, 0.25) is 0 Å². The van der Waals surface area contributed by atoms with Crippen molar-refractivity contribution in [2.75, 3.05) is 10.6 Å². The molecule has 26 heavy (non-hydrogen) atoms. The first kappa shape index (κ1) is 18.0. The zero-order valence-electron chi connectivity index (χ0n) is 15.4. The van der Waals surface area contributed by atoms with Crippen LogP contribution in [0, 0.1) is 12.8 Å². The second kappa shape index (κ2) is 7.59. The monoisotopic (exact) mass is 355 g/mol. The van der Waals surface area contributed by atoms with Gasteiger partial charge in [-0.05, 0) is 43.4 Å². The summed E-state index contributed by atoms with van der Waals surface area (Å²) >= 11 is 0. The Bertz CT molecular complexity index is 808. The number of aromatic nitrogens is 2. The van der Waals surface area contributed by atoms with E-state index in [1.54, 1.807) is 29.2 Å². The topological polar surface area (TPSA) is 88.1 Å². The number of hydrogen-bond acceptors (Lipinski definition) is 3. The molecule has 1 aliphatic carbocycles. The van der Waals surface area contributed by atoms with Gasteiger partial charge in [0.1, 0.15) is 0 Å². The molecule has 1 aromatic heterocycles. The molecule has 0 aliphatic heterocycles. The number of aryl methyl sites for hydroxylation is 1. The first-order valence-corrected chi connectivity index (χ1v) is 8.92. The quantitative estimate of drug-likeness (QED) is 0.742. The van der Waals surface area contributed by atoms with Crippen LogP contribution in [0.2, 0.25) is 0 Å². The largest absolute Gasteiger partial charge is 0.349 e. The van der Waals surface area contributed by atoms with Crippen LogP contribution in [0.25, 0.3) is 0 Å².